The summed E-state index contributed by atoms with van der Waals surface area (Å²) >= 11 is 0. The zero-order valence-corrected chi connectivity index (χ0v) is 7.49. The number of hydrogen-bond donors (Lipinski definition) is 2. The van der Waals surface area contributed by atoms with E-state index < -0.39 is 12.0 Å². The van der Waals surface area contributed by atoms with E-state index in [1.807, 2.05) is 6.92 Å². The first kappa shape index (κ1) is 9.52. The molecular formula is C9H17NO2. The van der Waals surface area contributed by atoms with Crippen molar-refractivity contribution >= 4 is 5.97 Å². The molecule has 1 saturated carbocycles. The van der Waals surface area contributed by atoms with Crippen LogP contribution in [0.3, 0.4) is 0 Å². The quantitative estimate of drug-likeness (QED) is 0.671. The van der Waals surface area contributed by atoms with Crippen molar-refractivity contribution < 1.29 is 9.90 Å². The van der Waals surface area contributed by atoms with E-state index in [0.717, 1.165) is 12.8 Å². The van der Waals surface area contributed by atoms with Crippen LogP contribution in [0.15, 0.2) is 0 Å². The van der Waals surface area contributed by atoms with Crippen molar-refractivity contribution in [3.63, 3.8) is 0 Å². The fourth-order valence-corrected chi connectivity index (χ4v) is 2.00. The highest BCUT2D eigenvalue weighted by Crippen LogP contribution is 2.32. The van der Waals surface area contributed by atoms with Crippen LogP contribution in [-0.4, -0.2) is 17.1 Å². The minimum Gasteiger partial charge on any atom is -0.480 e. The highest BCUT2D eigenvalue weighted by atomic mass is 16.4. The molecule has 3 N–H and O–H groups in total. The van der Waals surface area contributed by atoms with E-state index in [4.69, 9.17) is 10.8 Å². The molecule has 3 heteroatoms. The van der Waals surface area contributed by atoms with Gasteiger partial charge in [0.15, 0.2) is 0 Å². The van der Waals surface area contributed by atoms with Crippen molar-refractivity contribution in [1.29, 1.82) is 0 Å². The van der Waals surface area contributed by atoms with Crippen molar-refractivity contribution in [2.45, 2.75) is 38.6 Å². The fraction of sp³-hybridized carbons (Fsp3) is 0.889. The van der Waals surface area contributed by atoms with Crippen molar-refractivity contribution in [3.8, 4) is 0 Å². The second-order valence-corrected chi connectivity index (χ2v) is 3.77. The van der Waals surface area contributed by atoms with E-state index in [9.17, 15) is 4.79 Å². The third kappa shape index (κ3) is 1.97. The summed E-state index contributed by atoms with van der Waals surface area (Å²) in [5.74, 6) is -0.199. The van der Waals surface area contributed by atoms with Gasteiger partial charge in [-0.05, 0) is 11.8 Å². The molecule has 2 unspecified atom stereocenters. The number of carbonyl (C=O) groups is 1. The van der Waals surface area contributed by atoms with Gasteiger partial charge in [-0.1, -0.05) is 32.6 Å². The monoisotopic (exact) mass is 171 g/mol. The Kier molecular flexibility index (Phi) is 3.09. The van der Waals surface area contributed by atoms with E-state index in [0.29, 0.717) is 5.92 Å². The summed E-state index contributed by atoms with van der Waals surface area (Å²) in [5.41, 5.74) is 5.54. The van der Waals surface area contributed by atoms with Gasteiger partial charge in [-0.2, -0.15) is 0 Å². The first-order valence-corrected chi connectivity index (χ1v) is 4.61. The Morgan fingerprint density at radius 2 is 2.00 bits per heavy atom. The van der Waals surface area contributed by atoms with Crippen molar-refractivity contribution in [2.75, 3.05) is 0 Å². The van der Waals surface area contributed by atoms with Crippen LogP contribution in [0.25, 0.3) is 0 Å². The summed E-state index contributed by atoms with van der Waals surface area (Å²) in [7, 11) is 0. The largest absolute Gasteiger partial charge is 0.480 e. The van der Waals surface area contributed by atoms with Gasteiger partial charge < -0.3 is 10.8 Å². The van der Waals surface area contributed by atoms with E-state index in [-0.39, 0.29) is 5.92 Å². The molecule has 0 bridgehead atoms. The molecule has 1 aliphatic rings. The second-order valence-electron chi connectivity index (χ2n) is 3.77. The number of carboxylic acids is 1. The Bertz CT molecular complexity index is 164. The van der Waals surface area contributed by atoms with Gasteiger partial charge in [-0.15, -0.1) is 0 Å². The highest BCUT2D eigenvalue weighted by Gasteiger charge is 2.29. The average molecular weight is 171 g/mol. The molecule has 0 aromatic rings. The molecule has 0 aliphatic heterocycles. The van der Waals surface area contributed by atoms with Crippen molar-refractivity contribution in [1.82, 2.24) is 0 Å². The second kappa shape index (κ2) is 3.90. The topological polar surface area (TPSA) is 63.3 Å². The lowest BCUT2D eigenvalue weighted by Crippen LogP contribution is -2.39. The smallest absolute Gasteiger partial charge is 0.320 e. The molecule has 1 fully saturated rings. The van der Waals surface area contributed by atoms with Crippen molar-refractivity contribution in [2.24, 2.45) is 17.6 Å². The normalized spacial score (nSPS) is 23.8. The summed E-state index contributed by atoms with van der Waals surface area (Å²) < 4.78 is 0. The van der Waals surface area contributed by atoms with Gasteiger partial charge in [0.2, 0.25) is 0 Å². The van der Waals surface area contributed by atoms with E-state index in [2.05, 4.69) is 0 Å². The van der Waals surface area contributed by atoms with E-state index in [1.165, 1.54) is 12.8 Å². The fourth-order valence-electron chi connectivity index (χ4n) is 2.00. The standard InChI is InChI=1S/C9H17NO2/c1-6(8(10)9(11)12)7-4-2-3-5-7/h6-8H,2-5,10H2,1H3,(H,11,12). The Morgan fingerprint density at radius 3 is 2.42 bits per heavy atom. The van der Waals surface area contributed by atoms with Gasteiger partial charge in [-0.25, -0.2) is 0 Å². The van der Waals surface area contributed by atoms with Gasteiger partial charge >= 0.3 is 5.97 Å². The minimum absolute atomic E-state index is 0.130. The van der Waals surface area contributed by atoms with Gasteiger partial charge in [-0.3, -0.25) is 4.79 Å². The average Bonchev–Trinajstić information content (AvgIpc) is 2.53. The third-order valence-electron chi connectivity index (χ3n) is 3.00. The molecule has 0 aromatic carbocycles. The molecule has 3 nitrogen and oxygen atoms in total. The minimum atomic E-state index is -0.866. The van der Waals surface area contributed by atoms with Crippen LogP contribution in [0.5, 0.6) is 0 Å². The molecule has 0 amide bonds. The van der Waals surface area contributed by atoms with Crippen LogP contribution in [-0.2, 0) is 4.79 Å². The van der Waals surface area contributed by atoms with Gasteiger partial charge in [0.25, 0.3) is 0 Å². The Morgan fingerprint density at radius 1 is 1.50 bits per heavy atom. The molecule has 0 radical (unpaired) electrons. The lowest BCUT2D eigenvalue weighted by Gasteiger charge is -2.22. The molecular weight excluding hydrogens is 154 g/mol. The van der Waals surface area contributed by atoms with Gasteiger partial charge in [0.1, 0.15) is 6.04 Å². The maximum Gasteiger partial charge on any atom is 0.320 e. The molecule has 70 valence electrons. The third-order valence-corrected chi connectivity index (χ3v) is 3.00. The lowest BCUT2D eigenvalue weighted by molar-refractivity contribution is -0.140. The number of carboxylic acid groups (broad SMARTS) is 1. The SMILES string of the molecule is CC(C1CCCC1)C(N)C(=O)O. The van der Waals surface area contributed by atoms with Crippen LogP contribution >= 0.6 is 0 Å². The summed E-state index contributed by atoms with van der Waals surface area (Å²) in [4.78, 5) is 10.6. The number of hydrogen-bond acceptors (Lipinski definition) is 2. The first-order valence-electron chi connectivity index (χ1n) is 4.61. The van der Waals surface area contributed by atoms with Crippen LogP contribution in [0.2, 0.25) is 0 Å². The molecule has 1 aliphatic carbocycles. The maximum atomic E-state index is 10.6. The number of nitrogens with two attached hydrogens (primary N) is 1. The Hall–Kier alpha value is -0.570. The van der Waals surface area contributed by atoms with E-state index >= 15 is 0 Å². The lowest BCUT2D eigenvalue weighted by atomic mass is 9.87. The molecule has 1 rings (SSSR count). The highest BCUT2D eigenvalue weighted by molar-refractivity contribution is 5.73. The molecule has 0 heterocycles. The molecule has 12 heavy (non-hydrogen) atoms. The van der Waals surface area contributed by atoms with Crippen LogP contribution < -0.4 is 5.73 Å². The van der Waals surface area contributed by atoms with Crippen LogP contribution in [0.4, 0.5) is 0 Å². The van der Waals surface area contributed by atoms with Crippen LogP contribution in [0, 0.1) is 11.8 Å². The first-order chi connectivity index (χ1) is 5.63. The van der Waals surface area contributed by atoms with Crippen LogP contribution in [0.1, 0.15) is 32.6 Å². The molecule has 2 atom stereocenters. The molecule has 0 saturated heterocycles. The Labute approximate surface area is 72.9 Å². The summed E-state index contributed by atoms with van der Waals surface area (Å²) in [5, 5.41) is 8.69. The molecule has 0 spiro atoms. The molecule has 0 aromatic heterocycles. The maximum absolute atomic E-state index is 10.6. The predicted molar refractivity (Wildman–Crippen MR) is 46.7 cm³/mol. The summed E-state index contributed by atoms with van der Waals surface area (Å²) in [6.45, 7) is 1.95. The Balaban J connectivity index is 2.44. The zero-order chi connectivity index (χ0) is 9.14. The van der Waals surface area contributed by atoms with E-state index in [1.54, 1.807) is 0 Å². The summed E-state index contributed by atoms with van der Waals surface area (Å²) in [6, 6.07) is -0.673. The summed E-state index contributed by atoms with van der Waals surface area (Å²) in [6.07, 6.45) is 4.78. The number of aliphatic carboxylic acids is 1. The predicted octanol–water partition coefficient (Wildman–Crippen LogP) is 1.22. The zero-order valence-electron chi connectivity index (χ0n) is 7.49. The number of rotatable bonds is 3. The van der Waals surface area contributed by atoms with Crippen molar-refractivity contribution in [3.05, 3.63) is 0 Å². The van der Waals surface area contributed by atoms with Gasteiger partial charge in [0, 0.05) is 0 Å². The van der Waals surface area contributed by atoms with Gasteiger partial charge in [0.05, 0.1) is 0 Å².